The average molecular weight is 810 g/mol. The van der Waals surface area contributed by atoms with Gasteiger partial charge in [0.1, 0.15) is 0 Å². The number of aromatic nitrogens is 3. The van der Waals surface area contributed by atoms with Crippen molar-refractivity contribution in [3.05, 3.63) is 75.9 Å². The molecular formula is C38H48Cl2F6N4O4. The van der Waals surface area contributed by atoms with Crippen LogP contribution in [0.25, 0.3) is 0 Å². The number of fused-ring (bicyclic) bond motifs is 1. The van der Waals surface area contributed by atoms with Crippen molar-refractivity contribution >= 4 is 30.8 Å². The number of halogens is 8. The van der Waals surface area contributed by atoms with E-state index in [0.29, 0.717) is 73.0 Å². The zero-order valence-electron chi connectivity index (χ0n) is 30.2. The van der Waals surface area contributed by atoms with E-state index in [1.165, 1.54) is 12.4 Å². The zero-order chi connectivity index (χ0) is 37.4. The maximum Gasteiger partial charge on any atom is 0.416 e. The van der Waals surface area contributed by atoms with E-state index in [9.17, 15) is 37.3 Å². The Kier molecular flexibility index (Phi) is 14.2. The summed E-state index contributed by atoms with van der Waals surface area (Å²) in [6.07, 6.45) is -3.18. The summed E-state index contributed by atoms with van der Waals surface area (Å²) in [5.41, 5.74) is 1.03. The summed E-state index contributed by atoms with van der Waals surface area (Å²) in [5.74, 6) is -3.20. The van der Waals surface area contributed by atoms with E-state index in [4.69, 9.17) is 9.72 Å². The van der Waals surface area contributed by atoms with Gasteiger partial charge in [-0.25, -0.2) is 23.1 Å². The second-order valence-corrected chi connectivity index (χ2v) is 15.4. The van der Waals surface area contributed by atoms with Crippen LogP contribution in [0.1, 0.15) is 122 Å². The maximum absolute atomic E-state index is 17.2. The first kappa shape index (κ1) is 43.8. The molecule has 1 aromatic carbocycles. The predicted octanol–water partition coefficient (Wildman–Crippen LogP) is 8.46. The Balaban J connectivity index is 0.00000325. The Bertz CT molecular complexity index is 1680. The van der Waals surface area contributed by atoms with Gasteiger partial charge in [0.05, 0.1) is 49.6 Å². The molecule has 0 amide bonds. The lowest BCUT2D eigenvalue weighted by molar-refractivity contribution is -0.137. The van der Waals surface area contributed by atoms with Crippen LogP contribution < -0.4 is 9.64 Å². The molecule has 8 nitrogen and oxygen atoms in total. The van der Waals surface area contributed by atoms with Crippen molar-refractivity contribution in [3.8, 4) is 5.75 Å². The van der Waals surface area contributed by atoms with Crippen molar-refractivity contribution < 1.29 is 46.4 Å². The Morgan fingerprint density at radius 2 is 1.50 bits per heavy atom. The van der Waals surface area contributed by atoms with E-state index in [1.54, 1.807) is 0 Å². The maximum atomic E-state index is 17.2. The summed E-state index contributed by atoms with van der Waals surface area (Å²) in [6, 6.07) is 3.93. The number of nitrogens with zero attached hydrogens (tertiary/aromatic N) is 4. The van der Waals surface area contributed by atoms with Crippen molar-refractivity contribution in [2.75, 3.05) is 37.8 Å². The molecular weight excluding hydrogens is 761 g/mol. The lowest BCUT2D eigenvalue weighted by atomic mass is 9.68. The van der Waals surface area contributed by atoms with Gasteiger partial charge >= 0.3 is 6.18 Å². The smallest absolute Gasteiger partial charge is 0.416 e. The third kappa shape index (κ3) is 9.72. The number of benzene rings is 1. The standard InChI is InChI=1S/C38H46F6N4O4.2ClH/c1-36(2)15-28-31(29(51)16-36)30(23-7-11-37(40,41)12-8-23)32(33(39)24-3-5-26(6-4-24)38(42,43)44)34(47-28)25-9-13-48(14-10-25)35-45-17-27(18-46-35)52-21-22(19-49)20-50;;/h3-6,17-18,22-23,25,29,33,49-51H,7-16,19-21H2,1-2H3;2*1H/t29-,33?;;/m0../s1. The number of hydrogen-bond donors (Lipinski definition) is 3. The molecule has 1 aliphatic heterocycles. The SMILES string of the molecule is CC1(C)Cc2nc(C3CCN(c4ncc(OCC(CO)CO)cn4)CC3)c(C(F)c3ccc(C(F)(F)F)cc3)c(C3CCC(F)(F)CC3)c2[C@@H](O)C1.Cl.Cl. The number of pyridine rings is 1. The van der Waals surface area contributed by atoms with E-state index < -0.39 is 41.8 Å². The van der Waals surface area contributed by atoms with Crippen molar-refractivity contribution in [3.63, 3.8) is 0 Å². The fourth-order valence-electron chi connectivity index (χ4n) is 7.99. The molecule has 3 N–H and O–H groups in total. The molecule has 300 valence electrons. The molecule has 3 aliphatic rings. The summed E-state index contributed by atoms with van der Waals surface area (Å²) < 4.78 is 92.1. The topological polar surface area (TPSA) is 112 Å². The Morgan fingerprint density at radius 1 is 0.907 bits per heavy atom. The summed E-state index contributed by atoms with van der Waals surface area (Å²) in [7, 11) is 0. The van der Waals surface area contributed by atoms with Crippen LogP contribution in [0.15, 0.2) is 36.7 Å². The summed E-state index contributed by atoms with van der Waals surface area (Å²) in [4.78, 5) is 15.9. The minimum atomic E-state index is -4.60. The second-order valence-electron chi connectivity index (χ2n) is 15.4. The van der Waals surface area contributed by atoms with Crippen LogP contribution in [0.5, 0.6) is 5.75 Å². The third-order valence-corrected chi connectivity index (χ3v) is 10.8. The second kappa shape index (κ2) is 17.5. The number of piperidine rings is 1. The molecule has 2 fully saturated rings. The number of hydrogen-bond acceptors (Lipinski definition) is 8. The molecule has 2 atom stereocenters. The van der Waals surface area contributed by atoms with Crippen LogP contribution in [0.3, 0.4) is 0 Å². The van der Waals surface area contributed by atoms with Crippen LogP contribution in [0, 0.1) is 11.3 Å². The molecule has 1 saturated heterocycles. The van der Waals surface area contributed by atoms with Gasteiger partial charge in [0, 0.05) is 54.6 Å². The van der Waals surface area contributed by atoms with Crippen LogP contribution >= 0.6 is 24.8 Å². The predicted molar refractivity (Wildman–Crippen MR) is 196 cm³/mol. The normalized spacial score (nSPS) is 20.8. The highest BCUT2D eigenvalue weighted by molar-refractivity contribution is 5.85. The number of anilines is 1. The van der Waals surface area contributed by atoms with Gasteiger partial charge < -0.3 is 25.0 Å². The van der Waals surface area contributed by atoms with E-state index in [1.807, 2.05) is 18.7 Å². The molecule has 0 radical (unpaired) electrons. The highest BCUT2D eigenvalue weighted by Gasteiger charge is 2.44. The van der Waals surface area contributed by atoms with Crippen LogP contribution in [0.2, 0.25) is 0 Å². The molecule has 1 saturated carbocycles. The molecule has 3 aromatic rings. The fraction of sp³-hybridized carbons (Fsp3) is 0.605. The average Bonchev–Trinajstić information content (AvgIpc) is 3.10. The monoisotopic (exact) mass is 808 g/mol. The lowest BCUT2D eigenvalue weighted by Gasteiger charge is -2.41. The Labute approximate surface area is 323 Å². The molecule has 16 heteroatoms. The van der Waals surface area contributed by atoms with Crippen molar-refractivity contribution in [2.45, 2.75) is 101 Å². The van der Waals surface area contributed by atoms with Gasteiger partial charge in [-0.05, 0) is 73.1 Å². The lowest BCUT2D eigenvalue weighted by Crippen LogP contribution is -2.36. The molecule has 3 heterocycles. The van der Waals surface area contributed by atoms with Gasteiger partial charge in [-0.1, -0.05) is 26.0 Å². The minimum Gasteiger partial charge on any atom is -0.490 e. The molecule has 1 unspecified atom stereocenters. The number of aliphatic hydroxyl groups excluding tert-OH is 3. The van der Waals surface area contributed by atoms with Crippen LogP contribution in [-0.4, -0.2) is 69.1 Å². The van der Waals surface area contributed by atoms with Crippen molar-refractivity contribution in [2.24, 2.45) is 11.3 Å². The van der Waals surface area contributed by atoms with E-state index in [0.717, 1.165) is 24.3 Å². The first-order valence-corrected chi connectivity index (χ1v) is 17.9. The van der Waals surface area contributed by atoms with E-state index in [2.05, 4.69) is 9.97 Å². The molecule has 2 aromatic heterocycles. The molecule has 2 aliphatic carbocycles. The fourth-order valence-corrected chi connectivity index (χ4v) is 7.99. The highest BCUT2D eigenvalue weighted by Crippen LogP contribution is 2.52. The quantitative estimate of drug-likeness (QED) is 0.175. The number of ether oxygens (including phenoxy) is 1. The molecule has 0 bridgehead atoms. The number of alkyl halides is 6. The molecule has 6 rings (SSSR count). The van der Waals surface area contributed by atoms with Gasteiger partial charge in [0.15, 0.2) is 11.9 Å². The van der Waals surface area contributed by atoms with Crippen LogP contribution in [0.4, 0.5) is 32.3 Å². The van der Waals surface area contributed by atoms with Gasteiger partial charge in [-0.15, -0.1) is 24.8 Å². The van der Waals surface area contributed by atoms with Gasteiger partial charge in [0.25, 0.3) is 0 Å². The van der Waals surface area contributed by atoms with Gasteiger partial charge in [-0.2, -0.15) is 13.2 Å². The zero-order valence-corrected chi connectivity index (χ0v) is 31.8. The van der Waals surface area contributed by atoms with Gasteiger partial charge in [0.2, 0.25) is 11.9 Å². The summed E-state index contributed by atoms with van der Waals surface area (Å²) in [5, 5.41) is 30.2. The molecule has 54 heavy (non-hydrogen) atoms. The highest BCUT2D eigenvalue weighted by atomic mass is 35.5. The number of rotatable bonds is 10. The summed E-state index contributed by atoms with van der Waals surface area (Å²) in [6.45, 7) is 4.64. The van der Waals surface area contributed by atoms with E-state index in [-0.39, 0.29) is 92.8 Å². The Morgan fingerprint density at radius 3 is 2.06 bits per heavy atom. The minimum absolute atomic E-state index is 0. The van der Waals surface area contributed by atoms with Crippen molar-refractivity contribution in [1.29, 1.82) is 0 Å². The van der Waals surface area contributed by atoms with E-state index >= 15 is 4.39 Å². The molecule has 0 spiro atoms. The van der Waals surface area contributed by atoms with Crippen molar-refractivity contribution in [1.82, 2.24) is 15.0 Å². The largest absolute Gasteiger partial charge is 0.490 e. The Hall–Kier alpha value is -2.91. The third-order valence-electron chi connectivity index (χ3n) is 10.8. The van der Waals surface area contributed by atoms with Crippen LogP contribution in [-0.2, 0) is 12.6 Å². The first-order chi connectivity index (χ1) is 24.6. The number of aliphatic hydroxyl groups is 3. The summed E-state index contributed by atoms with van der Waals surface area (Å²) >= 11 is 0. The first-order valence-electron chi connectivity index (χ1n) is 17.9. The van der Waals surface area contributed by atoms with Gasteiger partial charge in [-0.3, -0.25) is 4.98 Å².